The van der Waals surface area contributed by atoms with Crippen LogP contribution in [0.15, 0.2) is 0 Å². The van der Waals surface area contributed by atoms with Crippen LogP contribution in [0, 0.1) is 0 Å². The number of carbonyl (C=O) groups excluding carboxylic acids is 1. The van der Waals surface area contributed by atoms with Crippen LogP contribution in [-0.4, -0.2) is 30.6 Å². The van der Waals surface area contributed by atoms with Gasteiger partial charge in [-0.1, -0.05) is 0 Å². The van der Waals surface area contributed by atoms with Crippen molar-refractivity contribution in [2.24, 2.45) is 0 Å². The van der Waals surface area contributed by atoms with Gasteiger partial charge in [0.1, 0.15) is 11.1 Å². The van der Waals surface area contributed by atoms with Gasteiger partial charge in [0.2, 0.25) is 8.32 Å². The van der Waals surface area contributed by atoms with Crippen LogP contribution in [-0.2, 0) is 9.16 Å². The summed E-state index contributed by atoms with van der Waals surface area (Å²) in [6.07, 6.45) is -0.492. The molecule has 0 heterocycles. The molecular formula is C12H25NO3SSi. The molecule has 6 heteroatoms. The Kier molecular flexibility index (Phi) is 5.37. The number of hydrogen-bond acceptors (Lipinski definition) is 4. The van der Waals surface area contributed by atoms with E-state index in [2.05, 4.69) is 5.32 Å². The van der Waals surface area contributed by atoms with E-state index in [1.807, 2.05) is 40.4 Å². The Morgan fingerprint density at radius 3 is 1.89 bits per heavy atom. The zero-order chi connectivity index (χ0) is 14.8. The topological polar surface area (TPSA) is 47.6 Å². The Labute approximate surface area is 117 Å². The molecule has 0 spiro atoms. The lowest BCUT2D eigenvalue weighted by molar-refractivity contribution is 0.0493. The smallest absolute Gasteiger partial charge is 0.408 e. The minimum Gasteiger partial charge on any atom is -0.538 e. The largest absolute Gasteiger partial charge is 0.538 e. The predicted molar refractivity (Wildman–Crippen MR) is 80.5 cm³/mol. The van der Waals surface area contributed by atoms with Gasteiger partial charge in [-0.25, -0.2) is 4.79 Å². The summed E-state index contributed by atoms with van der Waals surface area (Å²) in [5.74, 6) is 0. The van der Waals surface area contributed by atoms with Crippen molar-refractivity contribution in [3.8, 4) is 0 Å². The predicted octanol–water partition coefficient (Wildman–Crippen LogP) is 3.47. The van der Waals surface area contributed by atoms with Gasteiger partial charge in [0.05, 0.1) is 0 Å². The molecule has 4 nitrogen and oxygen atoms in total. The highest BCUT2D eigenvalue weighted by molar-refractivity contribution is 7.80. The molecule has 0 aromatic carbocycles. The first-order valence-electron chi connectivity index (χ1n) is 5.97. The Morgan fingerprint density at radius 2 is 1.56 bits per heavy atom. The van der Waals surface area contributed by atoms with Crippen molar-refractivity contribution in [1.82, 2.24) is 5.32 Å². The van der Waals surface area contributed by atoms with Crippen LogP contribution < -0.4 is 5.32 Å². The third-order valence-corrected chi connectivity index (χ3v) is 3.28. The van der Waals surface area contributed by atoms with Crippen molar-refractivity contribution in [3.05, 3.63) is 0 Å². The van der Waals surface area contributed by atoms with Crippen LogP contribution >= 0.6 is 12.2 Å². The molecule has 1 amide bonds. The highest BCUT2D eigenvalue weighted by atomic mass is 32.1. The van der Waals surface area contributed by atoms with Crippen molar-refractivity contribution >= 4 is 31.7 Å². The van der Waals surface area contributed by atoms with Gasteiger partial charge in [0, 0.05) is 0 Å². The Hall–Kier alpha value is -0.623. The number of hydrogen-bond donors (Lipinski definition) is 1. The third-order valence-electron chi connectivity index (χ3n) is 1.72. The lowest BCUT2D eigenvalue weighted by atomic mass is 10.1. The van der Waals surface area contributed by atoms with Gasteiger partial charge in [0.15, 0.2) is 5.05 Å². The number of alkyl carbamates (subject to hydrolysis) is 1. The SMILES string of the molecule is CC(C)(C)OC(=O)NC(C)(C)C(=S)O[Si](C)(C)C. The quantitative estimate of drug-likeness (QED) is 0.639. The zero-order valence-electron chi connectivity index (χ0n) is 12.6. The van der Waals surface area contributed by atoms with Crippen molar-refractivity contribution < 1.29 is 14.0 Å². The molecular weight excluding hydrogens is 266 g/mol. The second-order valence-corrected chi connectivity index (χ2v) is 11.6. The molecule has 0 rings (SSSR count). The zero-order valence-corrected chi connectivity index (χ0v) is 14.4. The maximum absolute atomic E-state index is 11.7. The number of nitrogens with one attached hydrogen (secondary N) is 1. The number of rotatable bonds is 3. The molecule has 0 aliphatic rings. The van der Waals surface area contributed by atoms with E-state index < -0.39 is 25.6 Å². The van der Waals surface area contributed by atoms with E-state index in [0.29, 0.717) is 5.05 Å². The fraction of sp³-hybridized carbons (Fsp3) is 0.833. The van der Waals surface area contributed by atoms with Crippen LogP contribution in [0.3, 0.4) is 0 Å². The first-order chi connectivity index (χ1) is 7.73. The fourth-order valence-corrected chi connectivity index (χ4v) is 2.63. The number of amides is 1. The Balaban J connectivity index is 4.56. The van der Waals surface area contributed by atoms with Crippen molar-refractivity contribution in [3.63, 3.8) is 0 Å². The summed E-state index contributed by atoms with van der Waals surface area (Å²) in [7, 11) is -1.76. The van der Waals surface area contributed by atoms with Gasteiger partial charge in [-0.05, 0) is 66.5 Å². The molecule has 0 aromatic heterocycles. The van der Waals surface area contributed by atoms with E-state index in [4.69, 9.17) is 21.4 Å². The highest BCUT2D eigenvalue weighted by Gasteiger charge is 2.32. The summed E-state index contributed by atoms with van der Waals surface area (Å²) in [5.41, 5.74) is -1.25. The van der Waals surface area contributed by atoms with Gasteiger partial charge in [0.25, 0.3) is 0 Å². The van der Waals surface area contributed by atoms with Gasteiger partial charge in [-0.3, -0.25) is 0 Å². The summed E-state index contributed by atoms with van der Waals surface area (Å²) in [5, 5.41) is 3.13. The normalized spacial score (nSPS) is 12.9. The summed E-state index contributed by atoms with van der Waals surface area (Å²) < 4.78 is 10.9. The molecule has 0 aliphatic heterocycles. The first-order valence-corrected chi connectivity index (χ1v) is 9.79. The summed E-state index contributed by atoms with van der Waals surface area (Å²) >= 11 is 5.24. The van der Waals surface area contributed by atoms with Gasteiger partial charge in [-0.15, -0.1) is 0 Å². The maximum atomic E-state index is 11.7. The minimum atomic E-state index is -1.76. The first kappa shape index (κ1) is 17.4. The third kappa shape index (κ3) is 7.65. The molecule has 1 N–H and O–H groups in total. The van der Waals surface area contributed by atoms with Crippen molar-refractivity contribution in [2.45, 2.75) is 65.4 Å². The summed E-state index contributed by atoms with van der Waals surface area (Å²) in [6, 6.07) is 0. The average molecular weight is 291 g/mol. The molecule has 0 radical (unpaired) electrons. The molecule has 0 unspecified atom stereocenters. The van der Waals surface area contributed by atoms with E-state index in [-0.39, 0.29) is 0 Å². The molecule has 0 aromatic rings. The van der Waals surface area contributed by atoms with Crippen molar-refractivity contribution in [2.75, 3.05) is 0 Å². The maximum Gasteiger partial charge on any atom is 0.408 e. The van der Waals surface area contributed by atoms with E-state index in [9.17, 15) is 4.79 Å². The van der Waals surface area contributed by atoms with Crippen LogP contribution in [0.2, 0.25) is 19.6 Å². The molecule has 0 saturated carbocycles. The van der Waals surface area contributed by atoms with Gasteiger partial charge in [-0.2, -0.15) is 0 Å². The Bertz CT molecular complexity index is 329. The minimum absolute atomic E-state index is 0.396. The molecule has 0 bridgehead atoms. The molecule has 0 aliphatic carbocycles. The second kappa shape index (κ2) is 5.57. The lowest BCUT2D eigenvalue weighted by Gasteiger charge is -2.32. The Morgan fingerprint density at radius 1 is 1.11 bits per heavy atom. The van der Waals surface area contributed by atoms with E-state index in [1.165, 1.54) is 0 Å². The fourth-order valence-electron chi connectivity index (χ4n) is 1.02. The van der Waals surface area contributed by atoms with Crippen LogP contribution in [0.5, 0.6) is 0 Å². The number of carbonyl (C=O) groups is 1. The monoisotopic (exact) mass is 291 g/mol. The van der Waals surface area contributed by atoms with Crippen molar-refractivity contribution in [1.29, 1.82) is 0 Å². The molecule has 106 valence electrons. The molecule has 18 heavy (non-hydrogen) atoms. The molecule has 0 atom stereocenters. The van der Waals surface area contributed by atoms with E-state index >= 15 is 0 Å². The highest BCUT2D eigenvalue weighted by Crippen LogP contribution is 2.15. The lowest BCUT2D eigenvalue weighted by Crippen LogP contribution is -2.53. The molecule has 0 fully saturated rings. The van der Waals surface area contributed by atoms with Crippen LogP contribution in [0.25, 0.3) is 0 Å². The number of thiocarbonyl (C=S) groups is 1. The van der Waals surface area contributed by atoms with Crippen LogP contribution in [0.4, 0.5) is 4.79 Å². The number of ether oxygens (including phenoxy) is 1. The second-order valence-electron chi connectivity index (χ2n) is 6.75. The standard InChI is InChI=1S/C12H25NO3SSi/c1-11(2,3)15-10(14)13-12(4,5)9(17)16-18(6,7)8/h1-8H3,(H,13,14). The molecule has 0 saturated heterocycles. The van der Waals surface area contributed by atoms with E-state index in [1.54, 1.807) is 13.8 Å². The van der Waals surface area contributed by atoms with Gasteiger partial charge < -0.3 is 14.5 Å². The van der Waals surface area contributed by atoms with Crippen LogP contribution in [0.1, 0.15) is 34.6 Å². The average Bonchev–Trinajstić information content (AvgIpc) is 1.94. The summed E-state index contributed by atoms with van der Waals surface area (Å²) in [4.78, 5) is 11.7. The summed E-state index contributed by atoms with van der Waals surface area (Å²) in [6.45, 7) is 15.2. The van der Waals surface area contributed by atoms with Gasteiger partial charge >= 0.3 is 6.09 Å². The van der Waals surface area contributed by atoms with E-state index in [0.717, 1.165) is 0 Å².